The molecule has 0 saturated carbocycles. The van der Waals surface area contributed by atoms with Gasteiger partial charge in [0, 0.05) is 11.4 Å². The molecule has 2 heterocycles. The zero-order valence-corrected chi connectivity index (χ0v) is 17.0. The van der Waals surface area contributed by atoms with Crippen molar-refractivity contribution in [1.82, 2.24) is 9.55 Å². The summed E-state index contributed by atoms with van der Waals surface area (Å²) in [5, 5.41) is 10.2. The SMILES string of the molecule is CC(Oc1ccc(F)c(-n2c(=O)[nH]c3scc(C(=O)O)c3c2=O)c1)c1c(F)cccc1F. The number of aromatic amines is 1. The van der Waals surface area contributed by atoms with E-state index in [1.807, 2.05) is 0 Å². The maximum absolute atomic E-state index is 14.6. The van der Waals surface area contributed by atoms with E-state index in [0.29, 0.717) is 4.57 Å². The molecule has 4 aromatic rings. The van der Waals surface area contributed by atoms with Crippen LogP contribution in [0.15, 0.2) is 51.4 Å². The molecule has 11 heteroatoms. The molecule has 2 aromatic heterocycles. The summed E-state index contributed by atoms with van der Waals surface area (Å²) in [5.74, 6) is -4.11. The molecule has 0 saturated heterocycles. The second kappa shape index (κ2) is 8.00. The van der Waals surface area contributed by atoms with Gasteiger partial charge < -0.3 is 9.84 Å². The molecule has 1 unspecified atom stereocenters. The first-order valence-corrected chi connectivity index (χ1v) is 9.97. The summed E-state index contributed by atoms with van der Waals surface area (Å²) in [4.78, 5) is 39.2. The summed E-state index contributed by atoms with van der Waals surface area (Å²) in [6.07, 6.45) is -1.12. The summed E-state index contributed by atoms with van der Waals surface area (Å²) in [5.41, 5.74) is -3.23. The lowest BCUT2D eigenvalue weighted by Gasteiger charge is -2.17. The van der Waals surface area contributed by atoms with Gasteiger partial charge in [-0.2, -0.15) is 0 Å². The molecule has 0 fully saturated rings. The molecule has 0 radical (unpaired) electrons. The van der Waals surface area contributed by atoms with Crippen molar-refractivity contribution in [2.45, 2.75) is 13.0 Å². The van der Waals surface area contributed by atoms with E-state index in [1.165, 1.54) is 24.4 Å². The summed E-state index contributed by atoms with van der Waals surface area (Å²) in [6, 6.07) is 6.41. The van der Waals surface area contributed by atoms with Crippen LogP contribution < -0.4 is 16.0 Å². The van der Waals surface area contributed by atoms with Gasteiger partial charge in [-0.3, -0.25) is 9.78 Å². The predicted molar refractivity (Wildman–Crippen MR) is 110 cm³/mol. The third kappa shape index (κ3) is 3.56. The van der Waals surface area contributed by atoms with Crippen LogP contribution in [0.5, 0.6) is 5.75 Å². The third-order valence-electron chi connectivity index (χ3n) is 4.74. The van der Waals surface area contributed by atoms with E-state index in [4.69, 9.17) is 4.74 Å². The number of hydrogen-bond donors (Lipinski definition) is 2. The van der Waals surface area contributed by atoms with Crippen LogP contribution in [0.1, 0.15) is 28.9 Å². The average Bonchev–Trinajstić information content (AvgIpc) is 3.14. The molecule has 1 atom stereocenters. The van der Waals surface area contributed by atoms with Crippen molar-refractivity contribution >= 4 is 27.5 Å². The van der Waals surface area contributed by atoms with Crippen LogP contribution in [0.4, 0.5) is 13.2 Å². The number of thiophene rings is 1. The molecule has 2 N–H and O–H groups in total. The number of carboxylic acids is 1. The van der Waals surface area contributed by atoms with E-state index in [-0.39, 0.29) is 27.1 Å². The molecule has 0 aliphatic rings. The van der Waals surface area contributed by atoms with Crippen molar-refractivity contribution in [2.24, 2.45) is 0 Å². The van der Waals surface area contributed by atoms with E-state index >= 15 is 0 Å². The largest absolute Gasteiger partial charge is 0.486 e. The van der Waals surface area contributed by atoms with Crippen LogP contribution in [0.25, 0.3) is 15.9 Å². The van der Waals surface area contributed by atoms with Gasteiger partial charge in [0.05, 0.1) is 22.2 Å². The van der Waals surface area contributed by atoms with Crippen LogP contribution in [-0.2, 0) is 0 Å². The molecule has 2 aromatic carbocycles. The fraction of sp³-hybridized carbons (Fsp3) is 0.0952. The molecule has 164 valence electrons. The standard InChI is InChI=1S/C21H13F3N2O5S/c1-9(16-13(23)3-2-4-14(16)24)31-10-5-6-12(22)15(7-10)26-19(27)17-11(20(28)29)8-32-18(17)25-21(26)30/h2-9H,1H3,(H,25,30)(H,28,29). The number of carboxylic acid groups (broad SMARTS) is 1. The second-order valence-electron chi connectivity index (χ2n) is 6.74. The predicted octanol–water partition coefficient (Wildman–Crippen LogP) is 4.00. The van der Waals surface area contributed by atoms with Gasteiger partial charge in [0.2, 0.25) is 0 Å². The van der Waals surface area contributed by atoms with E-state index in [2.05, 4.69) is 4.98 Å². The smallest absolute Gasteiger partial charge is 0.337 e. The lowest BCUT2D eigenvalue weighted by atomic mass is 10.1. The number of nitrogens with zero attached hydrogens (tertiary/aromatic N) is 1. The fourth-order valence-electron chi connectivity index (χ4n) is 3.29. The quantitative estimate of drug-likeness (QED) is 0.467. The highest BCUT2D eigenvalue weighted by molar-refractivity contribution is 7.17. The molecular weight excluding hydrogens is 449 g/mol. The van der Waals surface area contributed by atoms with Gasteiger partial charge in [-0.25, -0.2) is 27.3 Å². The van der Waals surface area contributed by atoms with Gasteiger partial charge in [-0.1, -0.05) is 6.07 Å². The Morgan fingerprint density at radius 1 is 1.12 bits per heavy atom. The molecule has 7 nitrogen and oxygen atoms in total. The van der Waals surface area contributed by atoms with Crippen LogP contribution >= 0.6 is 11.3 Å². The topological polar surface area (TPSA) is 101 Å². The Bertz CT molecular complexity index is 1470. The number of fused-ring (bicyclic) bond motifs is 1. The van der Waals surface area contributed by atoms with Crippen molar-refractivity contribution in [2.75, 3.05) is 0 Å². The van der Waals surface area contributed by atoms with Crippen LogP contribution in [0.2, 0.25) is 0 Å². The molecule has 4 rings (SSSR count). The zero-order chi connectivity index (χ0) is 23.2. The number of H-pyrrole nitrogens is 1. The Balaban J connectivity index is 1.83. The summed E-state index contributed by atoms with van der Waals surface area (Å²) in [6.45, 7) is 1.38. The maximum Gasteiger partial charge on any atom is 0.337 e. The van der Waals surface area contributed by atoms with Crippen molar-refractivity contribution < 1.29 is 27.8 Å². The van der Waals surface area contributed by atoms with E-state index in [1.54, 1.807) is 0 Å². The van der Waals surface area contributed by atoms with Gasteiger partial charge in [0.15, 0.2) is 0 Å². The first-order valence-electron chi connectivity index (χ1n) is 9.09. The summed E-state index contributed by atoms with van der Waals surface area (Å²) in [7, 11) is 0. The number of ether oxygens (including phenoxy) is 1. The molecule has 0 aliphatic heterocycles. The highest BCUT2D eigenvalue weighted by Crippen LogP contribution is 2.28. The number of benzene rings is 2. The third-order valence-corrected chi connectivity index (χ3v) is 5.63. The van der Waals surface area contributed by atoms with Crippen LogP contribution in [0.3, 0.4) is 0 Å². The van der Waals surface area contributed by atoms with Gasteiger partial charge >= 0.3 is 11.7 Å². The van der Waals surface area contributed by atoms with Crippen molar-refractivity contribution in [1.29, 1.82) is 0 Å². The Hall–Kier alpha value is -3.86. The molecular formula is C21H13F3N2O5S. The fourth-order valence-corrected chi connectivity index (χ4v) is 4.21. The zero-order valence-electron chi connectivity index (χ0n) is 16.2. The van der Waals surface area contributed by atoms with Crippen molar-refractivity contribution in [3.05, 3.63) is 91.2 Å². The monoisotopic (exact) mass is 462 g/mol. The first-order chi connectivity index (χ1) is 15.2. The van der Waals surface area contributed by atoms with Crippen molar-refractivity contribution in [3.63, 3.8) is 0 Å². The average molecular weight is 462 g/mol. The number of aromatic nitrogens is 2. The Morgan fingerprint density at radius 2 is 1.81 bits per heavy atom. The van der Waals surface area contributed by atoms with Crippen LogP contribution in [0, 0.1) is 17.5 Å². The maximum atomic E-state index is 14.6. The van der Waals surface area contributed by atoms with Crippen LogP contribution in [-0.4, -0.2) is 20.6 Å². The summed E-state index contributed by atoms with van der Waals surface area (Å²) < 4.78 is 48.6. The Labute approximate surface area is 181 Å². The minimum Gasteiger partial charge on any atom is -0.486 e. The number of hydrogen-bond acceptors (Lipinski definition) is 5. The molecule has 0 aliphatic carbocycles. The normalized spacial score (nSPS) is 12.1. The van der Waals surface area contributed by atoms with Gasteiger partial charge in [0.1, 0.15) is 34.1 Å². The minimum absolute atomic E-state index is 0.0325. The Morgan fingerprint density at radius 3 is 2.47 bits per heavy atom. The van der Waals surface area contributed by atoms with E-state index in [9.17, 15) is 32.7 Å². The Kier molecular flexibility index (Phi) is 5.35. The van der Waals surface area contributed by atoms with E-state index in [0.717, 1.165) is 35.6 Å². The summed E-state index contributed by atoms with van der Waals surface area (Å²) >= 11 is 0.851. The highest BCUT2D eigenvalue weighted by atomic mass is 32.1. The number of carbonyl (C=O) groups is 1. The lowest BCUT2D eigenvalue weighted by molar-refractivity contribution is 0.0699. The molecule has 0 amide bonds. The van der Waals surface area contributed by atoms with Gasteiger partial charge in [0.25, 0.3) is 5.56 Å². The number of halogens is 3. The first kappa shape index (κ1) is 21.4. The molecule has 0 bridgehead atoms. The molecule has 32 heavy (non-hydrogen) atoms. The second-order valence-corrected chi connectivity index (χ2v) is 7.62. The minimum atomic E-state index is -1.38. The number of rotatable bonds is 5. The van der Waals surface area contributed by atoms with Gasteiger partial charge in [-0.15, -0.1) is 11.3 Å². The number of aromatic carboxylic acids is 1. The van der Waals surface area contributed by atoms with E-state index < -0.39 is 46.5 Å². The number of nitrogens with one attached hydrogen (secondary N) is 1. The molecule has 0 spiro atoms. The van der Waals surface area contributed by atoms with Crippen molar-refractivity contribution in [3.8, 4) is 11.4 Å². The highest BCUT2D eigenvalue weighted by Gasteiger charge is 2.22. The lowest BCUT2D eigenvalue weighted by Crippen LogP contribution is -2.34. The van der Waals surface area contributed by atoms with Gasteiger partial charge in [-0.05, 0) is 31.2 Å².